The normalized spacial score (nSPS) is 11.7. The molecular weight excluding hydrogens is 398 g/mol. The van der Waals surface area contributed by atoms with E-state index < -0.39 is 11.7 Å². The van der Waals surface area contributed by atoms with E-state index >= 15 is 0 Å². The number of fused-ring (bicyclic) bond motifs is 1. The molecule has 3 aromatic rings. The van der Waals surface area contributed by atoms with Gasteiger partial charge in [-0.25, -0.2) is 4.79 Å². The predicted octanol–water partition coefficient (Wildman–Crippen LogP) is 3.85. The number of hydrogen-bond acceptors (Lipinski definition) is 6. The lowest BCUT2D eigenvalue weighted by Crippen LogP contribution is -2.35. The van der Waals surface area contributed by atoms with Crippen LogP contribution in [-0.4, -0.2) is 26.2 Å². The van der Waals surface area contributed by atoms with E-state index in [1.165, 1.54) is 6.07 Å². The monoisotopic (exact) mass is 425 g/mol. The van der Waals surface area contributed by atoms with Gasteiger partial charge in [0.05, 0.1) is 14.2 Å². The molecule has 7 heteroatoms. The zero-order valence-corrected chi connectivity index (χ0v) is 18.2. The van der Waals surface area contributed by atoms with Crippen molar-refractivity contribution in [2.24, 2.45) is 0 Å². The predicted molar refractivity (Wildman–Crippen MR) is 118 cm³/mol. The summed E-state index contributed by atoms with van der Waals surface area (Å²) in [6, 6.07) is 12.3. The molecule has 0 aliphatic carbocycles. The van der Waals surface area contributed by atoms with Gasteiger partial charge >= 0.3 is 5.63 Å². The fraction of sp³-hybridized carbons (Fsp3) is 0.333. The topological polar surface area (TPSA) is 87.0 Å². The Kier molecular flexibility index (Phi) is 7.18. The van der Waals surface area contributed by atoms with Crippen molar-refractivity contribution in [3.8, 4) is 17.2 Å². The number of rotatable bonds is 9. The summed E-state index contributed by atoms with van der Waals surface area (Å²) in [6.45, 7) is 4.04. The molecule has 0 aliphatic rings. The molecule has 1 heterocycles. The van der Waals surface area contributed by atoms with Gasteiger partial charge in [0, 0.05) is 24.1 Å². The molecule has 1 N–H and O–H groups in total. The standard InChI is InChI=1S/C24H27NO6/c1-5-6-17-12-23(26)31-21-13-18(8-9-19(17)21)30-15(2)24(27)25-14-16-7-10-20(28-3)22(11-16)29-4/h7-13,15H,5-6,14H2,1-4H3,(H,25,27)/t15-/m1/s1. The van der Waals surface area contributed by atoms with Crippen LogP contribution in [0.1, 0.15) is 31.4 Å². The zero-order chi connectivity index (χ0) is 22.4. The van der Waals surface area contributed by atoms with Crippen molar-refractivity contribution in [3.63, 3.8) is 0 Å². The average Bonchev–Trinajstić information content (AvgIpc) is 2.76. The van der Waals surface area contributed by atoms with Crippen LogP contribution in [0.25, 0.3) is 11.0 Å². The lowest BCUT2D eigenvalue weighted by molar-refractivity contribution is -0.127. The first-order chi connectivity index (χ1) is 14.9. The minimum Gasteiger partial charge on any atom is -0.493 e. The lowest BCUT2D eigenvalue weighted by atomic mass is 10.1. The quantitative estimate of drug-likeness (QED) is 0.524. The van der Waals surface area contributed by atoms with Gasteiger partial charge < -0.3 is 23.9 Å². The zero-order valence-electron chi connectivity index (χ0n) is 18.2. The fourth-order valence-electron chi connectivity index (χ4n) is 3.34. The molecular formula is C24H27NO6. The van der Waals surface area contributed by atoms with E-state index in [-0.39, 0.29) is 5.91 Å². The molecule has 3 rings (SSSR count). The van der Waals surface area contributed by atoms with E-state index in [0.717, 1.165) is 29.4 Å². The highest BCUT2D eigenvalue weighted by Crippen LogP contribution is 2.27. The molecule has 0 radical (unpaired) electrons. The van der Waals surface area contributed by atoms with Gasteiger partial charge in [-0.3, -0.25) is 4.79 Å². The third-order valence-electron chi connectivity index (χ3n) is 4.92. The second kappa shape index (κ2) is 10.0. The van der Waals surface area contributed by atoms with Crippen LogP contribution >= 0.6 is 0 Å². The first-order valence-corrected chi connectivity index (χ1v) is 10.2. The Balaban J connectivity index is 1.66. The summed E-state index contributed by atoms with van der Waals surface area (Å²) in [7, 11) is 3.13. The van der Waals surface area contributed by atoms with Crippen molar-refractivity contribution in [1.29, 1.82) is 0 Å². The number of ether oxygens (including phenoxy) is 3. The minimum atomic E-state index is -0.733. The smallest absolute Gasteiger partial charge is 0.336 e. The molecule has 0 saturated heterocycles. The Morgan fingerprint density at radius 2 is 1.84 bits per heavy atom. The second-order valence-electron chi connectivity index (χ2n) is 7.17. The van der Waals surface area contributed by atoms with Crippen LogP contribution in [0.5, 0.6) is 17.2 Å². The number of carbonyl (C=O) groups is 1. The van der Waals surface area contributed by atoms with Crippen molar-refractivity contribution in [2.45, 2.75) is 39.3 Å². The summed E-state index contributed by atoms with van der Waals surface area (Å²) in [5, 5.41) is 3.72. The number of amides is 1. The van der Waals surface area contributed by atoms with Gasteiger partial charge in [-0.2, -0.15) is 0 Å². The molecule has 1 aromatic heterocycles. The summed E-state index contributed by atoms with van der Waals surface area (Å²) in [6.07, 6.45) is 0.980. The first kappa shape index (κ1) is 22.2. The summed E-state index contributed by atoms with van der Waals surface area (Å²) in [5.41, 5.74) is 1.87. The van der Waals surface area contributed by atoms with Gasteiger partial charge in [0.25, 0.3) is 5.91 Å². The first-order valence-electron chi connectivity index (χ1n) is 10.2. The van der Waals surface area contributed by atoms with Gasteiger partial charge in [0.15, 0.2) is 17.6 Å². The van der Waals surface area contributed by atoms with E-state index in [1.807, 2.05) is 18.2 Å². The highest BCUT2D eigenvalue weighted by molar-refractivity contribution is 5.83. The SMILES string of the molecule is CCCc1cc(=O)oc2cc(O[C@H](C)C(=O)NCc3ccc(OC)c(OC)c3)ccc12. The molecule has 7 nitrogen and oxygen atoms in total. The lowest BCUT2D eigenvalue weighted by Gasteiger charge is -2.16. The highest BCUT2D eigenvalue weighted by atomic mass is 16.5. The van der Waals surface area contributed by atoms with E-state index in [9.17, 15) is 9.59 Å². The molecule has 0 bridgehead atoms. The van der Waals surface area contributed by atoms with Crippen LogP contribution < -0.4 is 25.2 Å². The fourth-order valence-corrected chi connectivity index (χ4v) is 3.34. The molecule has 1 amide bonds. The number of aryl methyl sites for hydroxylation is 1. The van der Waals surface area contributed by atoms with Crippen LogP contribution in [0.4, 0.5) is 0 Å². The van der Waals surface area contributed by atoms with Gasteiger partial charge in [-0.05, 0) is 48.7 Å². The van der Waals surface area contributed by atoms with Crippen LogP contribution in [-0.2, 0) is 17.8 Å². The molecule has 0 fully saturated rings. The Morgan fingerprint density at radius 3 is 2.55 bits per heavy atom. The molecule has 2 aromatic carbocycles. The minimum absolute atomic E-state index is 0.268. The van der Waals surface area contributed by atoms with Crippen LogP contribution in [0, 0.1) is 0 Å². The number of methoxy groups -OCH3 is 2. The van der Waals surface area contributed by atoms with Gasteiger partial charge in [-0.15, -0.1) is 0 Å². The van der Waals surface area contributed by atoms with Crippen molar-refractivity contribution < 1.29 is 23.4 Å². The number of nitrogens with one attached hydrogen (secondary N) is 1. The van der Waals surface area contributed by atoms with Crippen LogP contribution in [0.2, 0.25) is 0 Å². The van der Waals surface area contributed by atoms with Gasteiger partial charge in [0.1, 0.15) is 11.3 Å². The number of hydrogen-bond donors (Lipinski definition) is 1. The summed E-state index contributed by atoms with van der Waals surface area (Å²) < 4.78 is 21.6. The van der Waals surface area contributed by atoms with Crippen LogP contribution in [0.3, 0.4) is 0 Å². The maximum atomic E-state index is 12.5. The average molecular weight is 425 g/mol. The molecule has 1 atom stereocenters. The third-order valence-corrected chi connectivity index (χ3v) is 4.92. The molecule has 0 spiro atoms. The molecule has 31 heavy (non-hydrogen) atoms. The highest BCUT2D eigenvalue weighted by Gasteiger charge is 2.16. The Labute approximate surface area is 180 Å². The van der Waals surface area contributed by atoms with E-state index in [1.54, 1.807) is 39.3 Å². The van der Waals surface area contributed by atoms with Crippen molar-refractivity contribution in [2.75, 3.05) is 14.2 Å². The largest absolute Gasteiger partial charge is 0.493 e. The van der Waals surface area contributed by atoms with E-state index in [4.69, 9.17) is 18.6 Å². The molecule has 164 valence electrons. The number of carbonyl (C=O) groups excluding carboxylic acids is 1. The summed E-state index contributed by atoms with van der Waals surface area (Å²) in [5.74, 6) is 1.41. The Hall–Kier alpha value is -3.48. The van der Waals surface area contributed by atoms with E-state index in [0.29, 0.717) is 29.4 Å². The maximum absolute atomic E-state index is 12.5. The molecule has 0 aliphatic heterocycles. The molecule has 0 saturated carbocycles. The van der Waals surface area contributed by atoms with Crippen LogP contribution in [0.15, 0.2) is 51.7 Å². The van der Waals surface area contributed by atoms with E-state index in [2.05, 4.69) is 12.2 Å². The third kappa shape index (κ3) is 5.36. The number of benzene rings is 2. The van der Waals surface area contributed by atoms with Gasteiger partial charge in [-0.1, -0.05) is 19.4 Å². The second-order valence-corrected chi connectivity index (χ2v) is 7.17. The van der Waals surface area contributed by atoms with Gasteiger partial charge in [0.2, 0.25) is 0 Å². The van der Waals surface area contributed by atoms with Crippen molar-refractivity contribution >= 4 is 16.9 Å². The molecule has 0 unspecified atom stereocenters. The maximum Gasteiger partial charge on any atom is 0.336 e. The Morgan fingerprint density at radius 1 is 1.06 bits per heavy atom. The van der Waals surface area contributed by atoms with Crippen molar-refractivity contribution in [1.82, 2.24) is 5.32 Å². The summed E-state index contributed by atoms with van der Waals surface area (Å²) in [4.78, 5) is 24.3. The van der Waals surface area contributed by atoms with Crippen molar-refractivity contribution in [3.05, 3.63) is 64.0 Å². The Bertz CT molecular complexity index is 1120. The summed E-state index contributed by atoms with van der Waals surface area (Å²) >= 11 is 0.